The predicted octanol–water partition coefficient (Wildman–Crippen LogP) is 2.28. The number of halogens is 1. The molecule has 94 valence electrons. The highest BCUT2D eigenvalue weighted by molar-refractivity contribution is 6.33. The van der Waals surface area contributed by atoms with Crippen LogP contribution in [0.4, 0.5) is 5.69 Å². The van der Waals surface area contributed by atoms with E-state index < -0.39 is 16.4 Å². The number of nitro benzene ring substituents is 1. The average Bonchev–Trinajstić information content (AvgIpc) is 2.27. The highest BCUT2D eigenvalue weighted by Crippen LogP contribution is 2.25. The fraction of sp³-hybridized carbons (Fsp3) is 0.273. The quantitative estimate of drug-likeness (QED) is 0.671. The maximum absolute atomic E-state index is 11.8. The first-order chi connectivity index (χ1) is 8.26. The minimum atomic E-state index is -1.02. The van der Waals surface area contributed by atoms with Crippen molar-refractivity contribution >= 4 is 23.2 Å². The standard InChI is InChI=1S/C11H10ClN3O3/c1-11(2,6-13)14-10(16)7-3-4-9(15(17)18)8(12)5-7/h3-5H,1-2H3,(H,14,16). The van der Waals surface area contributed by atoms with Crippen molar-refractivity contribution in [2.75, 3.05) is 0 Å². The summed E-state index contributed by atoms with van der Waals surface area (Å²) in [7, 11) is 0. The lowest BCUT2D eigenvalue weighted by atomic mass is 10.1. The van der Waals surface area contributed by atoms with Crippen molar-refractivity contribution < 1.29 is 9.72 Å². The van der Waals surface area contributed by atoms with E-state index in [1.54, 1.807) is 0 Å². The van der Waals surface area contributed by atoms with E-state index in [4.69, 9.17) is 16.9 Å². The number of nitrogens with one attached hydrogen (secondary N) is 1. The molecule has 0 aliphatic carbocycles. The number of benzene rings is 1. The number of carbonyl (C=O) groups excluding carboxylic acids is 1. The molecule has 0 radical (unpaired) electrons. The maximum Gasteiger partial charge on any atom is 0.287 e. The summed E-state index contributed by atoms with van der Waals surface area (Å²) in [6.45, 7) is 3.08. The minimum absolute atomic E-state index is 0.123. The number of nitrogens with zero attached hydrogens (tertiary/aromatic N) is 2. The third-order valence-corrected chi connectivity index (χ3v) is 2.41. The second-order valence-corrected chi connectivity index (χ2v) is 4.52. The number of hydrogen-bond donors (Lipinski definition) is 1. The molecule has 6 nitrogen and oxygen atoms in total. The fourth-order valence-electron chi connectivity index (χ4n) is 1.18. The Hall–Kier alpha value is -2.13. The van der Waals surface area contributed by atoms with Crippen molar-refractivity contribution in [3.05, 3.63) is 38.9 Å². The summed E-state index contributed by atoms with van der Waals surface area (Å²) in [4.78, 5) is 21.7. The van der Waals surface area contributed by atoms with Crippen molar-refractivity contribution in [1.29, 1.82) is 5.26 Å². The van der Waals surface area contributed by atoms with Crippen LogP contribution >= 0.6 is 11.6 Å². The molecule has 7 heteroatoms. The molecule has 0 saturated heterocycles. The molecule has 0 heterocycles. The molecular weight excluding hydrogens is 258 g/mol. The Balaban J connectivity index is 3.00. The summed E-state index contributed by atoms with van der Waals surface area (Å²) in [6.07, 6.45) is 0. The second-order valence-electron chi connectivity index (χ2n) is 4.11. The normalized spacial score (nSPS) is 10.6. The summed E-state index contributed by atoms with van der Waals surface area (Å²) in [5, 5.41) is 21.7. The lowest BCUT2D eigenvalue weighted by molar-refractivity contribution is -0.384. The van der Waals surface area contributed by atoms with Crippen LogP contribution in [0.3, 0.4) is 0 Å². The topological polar surface area (TPSA) is 96.0 Å². The highest BCUT2D eigenvalue weighted by atomic mass is 35.5. The molecular formula is C11H10ClN3O3. The van der Waals surface area contributed by atoms with E-state index in [1.165, 1.54) is 26.0 Å². The van der Waals surface area contributed by atoms with Crippen LogP contribution in [0.1, 0.15) is 24.2 Å². The first-order valence-corrected chi connectivity index (χ1v) is 5.32. The van der Waals surface area contributed by atoms with Gasteiger partial charge in [0, 0.05) is 11.6 Å². The Labute approximate surface area is 108 Å². The van der Waals surface area contributed by atoms with Gasteiger partial charge in [0.1, 0.15) is 10.6 Å². The molecule has 0 aliphatic heterocycles. The van der Waals surface area contributed by atoms with Gasteiger partial charge >= 0.3 is 0 Å². The smallest absolute Gasteiger partial charge is 0.287 e. The number of rotatable bonds is 3. The van der Waals surface area contributed by atoms with E-state index >= 15 is 0 Å². The molecule has 1 rings (SSSR count). The lowest BCUT2D eigenvalue weighted by Gasteiger charge is -2.17. The molecule has 18 heavy (non-hydrogen) atoms. The zero-order chi connectivity index (χ0) is 13.9. The highest BCUT2D eigenvalue weighted by Gasteiger charge is 2.21. The van der Waals surface area contributed by atoms with Crippen LogP contribution in [-0.4, -0.2) is 16.4 Å². The summed E-state index contributed by atoms with van der Waals surface area (Å²) >= 11 is 5.69. The minimum Gasteiger partial charge on any atom is -0.334 e. The zero-order valence-corrected chi connectivity index (χ0v) is 10.5. The number of carbonyl (C=O) groups is 1. The third kappa shape index (κ3) is 3.18. The van der Waals surface area contributed by atoms with Crippen LogP contribution in [0, 0.1) is 21.4 Å². The van der Waals surface area contributed by atoms with E-state index in [-0.39, 0.29) is 16.3 Å². The predicted molar refractivity (Wildman–Crippen MR) is 65.3 cm³/mol. The van der Waals surface area contributed by atoms with Crippen LogP contribution in [0.5, 0.6) is 0 Å². The van der Waals surface area contributed by atoms with Crippen molar-refractivity contribution in [2.24, 2.45) is 0 Å². The van der Waals surface area contributed by atoms with Crippen LogP contribution in [-0.2, 0) is 0 Å². The van der Waals surface area contributed by atoms with E-state index in [0.29, 0.717) is 0 Å². The number of nitriles is 1. The Kier molecular flexibility index (Phi) is 3.89. The maximum atomic E-state index is 11.8. The van der Waals surface area contributed by atoms with Crippen LogP contribution < -0.4 is 5.32 Å². The molecule has 1 amide bonds. The average molecular weight is 268 g/mol. The van der Waals surface area contributed by atoms with Gasteiger partial charge in [0.05, 0.1) is 11.0 Å². The largest absolute Gasteiger partial charge is 0.334 e. The molecule has 0 saturated carbocycles. The first kappa shape index (κ1) is 13.9. The van der Waals surface area contributed by atoms with Gasteiger partial charge in [-0.15, -0.1) is 0 Å². The Morgan fingerprint density at radius 1 is 1.56 bits per heavy atom. The van der Waals surface area contributed by atoms with Crippen LogP contribution in [0.25, 0.3) is 0 Å². The van der Waals surface area contributed by atoms with Gasteiger partial charge in [-0.2, -0.15) is 5.26 Å². The number of hydrogen-bond acceptors (Lipinski definition) is 4. The fourth-order valence-corrected chi connectivity index (χ4v) is 1.43. The van der Waals surface area contributed by atoms with Crippen LogP contribution in [0.15, 0.2) is 18.2 Å². The monoisotopic (exact) mass is 267 g/mol. The van der Waals surface area contributed by atoms with Gasteiger partial charge in [-0.05, 0) is 26.0 Å². The molecule has 1 aromatic rings. The summed E-state index contributed by atoms with van der Waals surface area (Å²) in [5.41, 5.74) is -1.13. The molecule has 0 aliphatic rings. The zero-order valence-electron chi connectivity index (χ0n) is 9.73. The van der Waals surface area contributed by atoms with Gasteiger partial charge in [-0.3, -0.25) is 14.9 Å². The molecule has 0 atom stereocenters. The molecule has 1 aromatic carbocycles. The van der Waals surface area contributed by atoms with Gasteiger partial charge in [-0.1, -0.05) is 11.6 Å². The molecule has 0 unspecified atom stereocenters. The van der Waals surface area contributed by atoms with Gasteiger partial charge in [-0.25, -0.2) is 0 Å². The Bertz CT molecular complexity index is 549. The molecule has 1 N–H and O–H groups in total. The van der Waals surface area contributed by atoms with Gasteiger partial charge in [0.2, 0.25) is 0 Å². The second kappa shape index (κ2) is 5.02. The summed E-state index contributed by atoms with van der Waals surface area (Å²) < 4.78 is 0. The van der Waals surface area contributed by atoms with Crippen LogP contribution in [0.2, 0.25) is 5.02 Å². The van der Waals surface area contributed by atoms with Gasteiger partial charge in [0.15, 0.2) is 0 Å². The summed E-state index contributed by atoms with van der Waals surface area (Å²) in [5.74, 6) is -0.515. The molecule has 0 fully saturated rings. The number of amides is 1. The van der Waals surface area contributed by atoms with E-state index in [1.807, 2.05) is 6.07 Å². The van der Waals surface area contributed by atoms with Crippen molar-refractivity contribution in [2.45, 2.75) is 19.4 Å². The van der Waals surface area contributed by atoms with Crippen molar-refractivity contribution in [3.8, 4) is 6.07 Å². The Morgan fingerprint density at radius 2 is 2.17 bits per heavy atom. The van der Waals surface area contributed by atoms with Gasteiger partial charge < -0.3 is 5.32 Å². The van der Waals surface area contributed by atoms with E-state index in [9.17, 15) is 14.9 Å². The molecule has 0 spiro atoms. The van der Waals surface area contributed by atoms with Gasteiger partial charge in [0.25, 0.3) is 11.6 Å². The van der Waals surface area contributed by atoms with E-state index in [2.05, 4.69) is 5.32 Å². The Morgan fingerprint density at radius 3 is 2.61 bits per heavy atom. The first-order valence-electron chi connectivity index (χ1n) is 4.94. The SMILES string of the molecule is CC(C)(C#N)NC(=O)c1ccc([N+](=O)[O-])c(Cl)c1. The number of nitro groups is 1. The van der Waals surface area contributed by atoms with Crippen molar-refractivity contribution in [3.63, 3.8) is 0 Å². The van der Waals surface area contributed by atoms with E-state index in [0.717, 1.165) is 6.07 Å². The third-order valence-electron chi connectivity index (χ3n) is 2.11. The summed E-state index contributed by atoms with van der Waals surface area (Å²) in [6, 6.07) is 5.54. The lowest BCUT2D eigenvalue weighted by Crippen LogP contribution is -2.42. The van der Waals surface area contributed by atoms with Crippen molar-refractivity contribution in [1.82, 2.24) is 5.32 Å². The molecule has 0 bridgehead atoms. The molecule has 0 aromatic heterocycles.